The monoisotopic (exact) mass is 629 g/mol. The quantitative estimate of drug-likeness (QED) is 0.332. The van der Waals surface area contributed by atoms with Gasteiger partial charge < -0.3 is 9.47 Å². The molecule has 3 aliphatic heterocycles. The van der Waals surface area contributed by atoms with Crippen LogP contribution in [0.25, 0.3) is 0 Å². The minimum atomic E-state index is -0.0176. The van der Waals surface area contributed by atoms with Gasteiger partial charge in [-0.25, -0.2) is 4.72 Å². The van der Waals surface area contributed by atoms with Gasteiger partial charge in [-0.2, -0.15) is 0 Å². The zero-order valence-corrected chi connectivity index (χ0v) is 29.9. The molecule has 1 aromatic carbocycles. The van der Waals surface area contributed by atoms with Crippen LogP contribution in [0.2, 0.25) is 0 Å². The molecule has 3 heterocycles. The number of morpholine rings is 1. The lowest BCUT2D eigenvalue weighted by atomic mass is 9.85. The molecule has 0 amide bonds. The van der Waals surface area contributed by atoms with Crippen molar-refractivity contribution in [3.05, 3.63) is 34.9 Å². The lowest BCUT2D eigenvalue weighted by molar-refractivity contribution is -0.0797. The summed E-state index contributed by atoms with van der Waals surface area (Å²) in [5, 5.41) is 8.33. The van der Waals surface area contributed by atoms with Crippen LogP contribution < -0.4 is 15.4 Å². The number of nitrogens with zero attached hydrogens (tertiary/aromatic N) is 2. The fraction of sp³-hybridized carbons (Fsp3) is 0.833. The highest BCUT2D eigenvalue weighted by molar-refractivity contribution is 7.98. The zero-order chi connectivity index (χ0) is 31.5. The van der Waals surface area contributed by atoms with Crippen LogP contribution in [0.1, 0.15) is 103 Å². The first-order chi connectivity index (χ1) is 20.8. The van der Waals surface area contributed by atoms with Crippen molar-refractivity contribution in [1.29, 1.82) is 0 Å². The molecule has 250 valence electrons. The van der Waals surface area contributed by atoms with Crippen molar-refractivity contribution in [2.24, 2.45) is 16.7 Å². The van der Waals surface area contributed by atoms with Crippen LogP contribution in [0.15, 0.2) is 18.2 Å². The Morgan fingerprint density at radius 2 is 1.70 bits per heavy atom. The van der Waals surface area contributed by atoms with E-state index in [1.165, 1.54) is 42.4 Å². The maximum Gasteiger partial charge on any atom is 0.123 e. The Morgan fingerprint density at radius 1 is 0.932 bits per heavy atom. The summed E-state index contributed by atoms with van der Waals surface area (Å²) in [5.41, 5.74) is 4.64. The van der Waals surface area contributed by atoms with E-state index in [1.807, 2.05) is 11.9 Å². The summed E-state index contributed by atoms with van der Waals surface area (Å²) in [6.07, 6.45) is 7.47. The largest absolute Gasteiger partial charge is 0.374 e. The first-order valence-electron chi connectivity index (χ1n) is 17.5. The number of ether oxygens (including phenoxy) is 2. The third-order valence-electron chi connectivity index (χ3n) is 9.85. The van der Waals surface area contributed by atoms with Gasteiger partial charge >= 0.3 is 0 Å². The van der Waals surface area contributed by atoms with Crippen molar-refractivity contribution in [2.75, 3.05) is 45.9 Å². The highest BCUT2D eigenvalue weighted by atomic mass is 32.2. The SMILES string of the molecule is Cc1cccc(C)c1C1CC2NC(NSC3CCCC(C3)CN(C[C@@H]3CN(CC(C)(C)C)CCO3)[C@H](CC(C)(C)C)CO2)N1. The summed E-state index contributed by atoms with van der Waals surface area (Å²) in [6, 6.07) is 7.26. The number of hydrogen-bond acceptors (Lipinski definition) is 8. The van der Waals surface area contributed by atoms with Crippen molar-refractivity contribution in [3.8, 4) is 0 Å². The molecule has 7 atom stereocenters. The van der Waals surface area contributed by atoms with Crippen LogP contribution in [0.4, 0.5) is 0 Å². The van der Waals surface area contributed by atoms with E-state index < -0.39 is 0 Å². The molecule has 7 nitrogen and oxygen atoms in total. The van der Waals surface area contributed by atoms with Crippen LogP contribution in [0.3, 0.4) is 0 Å². The van der Waals surface area contributed by atoms with E-state index in [0.717, 1.165) is 58.8 Å². The molecule has 3 N–H and O–H groups in total. The molecule has 8 heteroatoms. The minimum absolute atomic E-state index is 0.00509. The summed E-state index contributed by atoms with van der Waals surface area (Å²) in [4.78, 5) is 5.44. The molecule has 4 bridgehead atoms. The molecule has 3 saturated heterocycles. The Morgan fingerprint density at radius 3 is 2.43 bits per heavy atom. The molecule has 1 aromatic rings. The predicted molar refractivity (Wildman–Crippen MR) is 185 cm³/mol. The van der Waals surface area contributed by atoms with E-state index in [0.29, 0.717) is 22.6 Å². The van der Waals surface area contributed by atoms with E-state index >= 15 is 0 Å². The molecule has 5 unspecified atom stereocenters. The van der Waals surface area contributed by atoms with Gasteiger partial charge in [0, 0.05) is 56.5 Å². The summed E-state index contributed by atoms with van der Waals surface area (Å²) < 4.78 is 17.2. The standard InChI is InChI=1S/C36H63N5O2S/c1-25-11-9-12-26(2)33(25)31-18-32-38-34(37-31)39-44-30-14-10-13-27(17-30)20-41(28(23-43-32)19-35(3,4)5)22-29-21-40(15-16-42-29)24-36(6,7)8/h9,11-12,27-32,34,37-39H,10,13-24H2,1-8H3/t27?,28-,29+,30?,31?,32?,34?/m1/s1. The molecular weight excluding hydrogens is 566 g/mol. The normalized spacial score (nSPS) is 33.7. The van der Waals surface area contributed by atoms with E-state index in [1.54, 1.807) is 0 Å². The second kappa shape index (κ2) is 15.0. The smallest absolute Gasteiger partial charge is 0.123 e. The fourth-order valence-electron chi connectivity index (χ4n) is 8.13. The topological polar surface area (TPSA) is 61.0 Å². The number of rotatable bonds is 5. The number of benzene rings is 1. The molecule has 1 aliphatic carbocycles. The third kappa shape index (κ3) is 10.1. The van der Waals surface area contributed by atoms with Crippen molar-refractivity contribution in [3.63, 3.8) is 0 Å². The summed E-state index contributed by atoms with van der Waals surface area (Å²) in [5.74, 6) is 0.711. The van der Waals surface area contributed by atoms with Crippen LogP contribution in [0.5, 0.6) is 0 Å². The van der Waals surface area contributed by atoms with Gasteiger partial charge in [0.05, 0.1) is 19.3 Å². The molecule has 0 spiro atoms. The highest BCUT2D eigenvalue weighted by Crippen LogP contribution is 2.35. The molecule has 1 saturated carbocycles. The molecule has 4 fully saturated rings. The molecule has 44 heavy (non-hydrogen) atoms. The van der Waals surface area contributed by atoms with Crippen molar-refractivity contribution >= 4 is 11.9 Å². The Hall–Kier alpha value is -0.710. The number of nitrogens with one attached hydrogen (secondary N) is 3. The number of hydrogen-bond donors (Lipinski definition) is 3. The van der Waals surface area contributed by atoms with E-state index in [9.17, 15) is 0 Å². The molecule has 0 radical (unpaired) electrons. The maximum absolute atomic E-state index is 6.94. The first-order valence-corrected chi connectivity index (χ1v) is 18.4. The lowest BCUT2D eigenvalue weighted by Crippen LogP contribution is -2.61. The Bertz CT molecular complexity index is 1040. The second-order valence-electron chi connectivity index (χ2n) is 16.7. The van der Waals surface area contributed by atoms with Crippen LogP contribution in [-0.4, -0.2) is 85.7 Å². The van der Waals surface area contributed by atoms with Crippen LogP contribution in [0, 0.1) is 30.6 Å². The van der Waals surface area contributed by atoms with E-state index in [-0.39, 0.29) is 30.1 Å². The van der Waals surface area contributed by atoms with Crippen LogP contribution in [-0.2, 0) is 9.47 Å². The Balaban J connectivity index is 1.39. The van der Waals surface area contributed by atoms with Gasteiger partial charge in [0.25, 0.3) is 0 Å². The van der Waals surface area contributed by atoms with Crippen molar-refractivity contribution < 1.29 is 9.47 Å². The van der Waals surface area contributed by atoms with Gasteiger partial charge in [-0.15, -0.1) is 0 Å². The van der Waals surface area contributed by atoms with Crippen molar-refractivity contribution in [2.45, 2.75) is 130 Å². The van der Waals surface area contributed by atoms with Gasteiger partial charge in [0.1, 0.15) is 12.5 Å². The summed E-state index contributed by atoms with van der Waals surface area (Å²) >= 11 is 1.94. The van der Waals surface area contributed by atoms with Gasteiger partial charge in [-0.05, 0) is 73.0 Å². The fourth-order valence-corrected chi connectivity index (χ4v) is 9.24. The van der Waals surface area contributed by atoms with Crippen molar-refractivity contribution in [1.82, 2.24) is 25.2 Å². The maximum atomic E-state index is 6.94. The summed E-state index contributed by atoms with van der Waals surface area (Å²) in [6.45, 7) is 25.6. The highest BCUT2D eigenvalue weighted by Gasteiger charge is 2.36. The number of aryl methyl sites for hydroxylation is 2. The number of fused-ring (bicyclic) bond motifs is 4. The first kappa shape index (κ1) is 34.6. The summed E-state index contributed by atoms with van der Waals surface area (Å²) in [7, 11) is 0. The Labute approximate surface area is 273 Å². The van der Waals surface area contributed by atoms with Gasteiger partial charge in [-0.3, -0.25) is 20.4 Å². The molecule has 0 aromatic heterocycles. The Kier molecular flexibility index (Phi) is 11.8. The zero-order valence-electron chi connectivity index (χ0n) is 29.1. The van der Waals surface area contributed by atoms with E-state index in [2.05, 4.69) is 98.7 Å². The second-order valence-corrected chi connectivity index (χ2v) is 17.9. The van der Waals surface area contributed by atoms with Crippen LogP contribution >= 0.6 is 11.9 Å². The van der Waals surface area contributed by atoms with Gasteiger partial charge in [0.2, 0.25) is 0 Å². The molecular formula is C36H63N5O2S. The average molecular weight is 630 g/mol. The molecule has 4 aliphatic rings. The average Bonchev–Trinajstić information content (AvgIpc) is 2.93. The lowest BCUT2D eigenvalue weighted by Gasteiger charge is -2.43. The predicted octanol–water partition coefficient (Wildman–Crippen LogP) is 6.22. The van der Waals surface area contributed by atoms with Gasteiger partial charge in [0.15, 0.2) is 0 Å². The van der Waals surface area contributed by atoms with E-state index in [4.69, 9.17) is 9.47 Å². The molecule has 5 rings (SSSR count). The van der Waals surface area contributed by atoms with Gasteiger partial charge in [-0.1, -0.05) is 78.1 Å². The third-order valence-corrected chi connectivity index (χ3v) is 11.0. The minimum Gasteiger partial charge on any atom is -0.374 e.